The van der Waals surface area contributed by atoms with Gasteiger partial charge in [0.05, 0.1) is 12.2 Å². The molecule has 5 heteroatoms. The van der Waals surface area contributed by atoms with Crippen molar-refractivity contribution >= 4 is 18.0 Å². The Morgan fingerprint density at radius 3 is 2.65 bits per heavy atom. The number of hydrogen-bond donors (Lipinski definition) is 0. The maximum Gasteiger partial charge on any atom is 0.330 e. The fourth-order valence-corrected chi connectivity index (χ4v) is 2.47. The summed E-state index contributed by atoms with van der Waals surface area (Å²) in [4.78, 5) is 22.6. The molecule has 0 aromatic heterocycles. The summed E-state index contributed by atoms with van der Waals surface area (Å²) in [5.41, 5.74) is 0.941. The zero-order valence-electron chi connectivity index (χ0n) is 13.4. The summed E-state index contributed by atoms with van der Waals surface area (Å²) in [6.07, 6.45) is 3.61. The summed E-state index contributed by atoms with van der Waals surface area (Å²) >= 11 is 0. The molecule has 0 bridgehead atoms. The van der Waals surface area contributed by atoms with E-state index in [1.54, 1.807) is 6.08 Å². The summed E-state index contributed by atoms with van der Waals surface area (Å²) in [7, 11) is 0. The highest BCUT2D eigenvalue weighted by Gasteiger charge is 2.33. The maximum absolute atomic E-state index is 11.7. The standard InChI is InChI=1S/C18H22O5/c1-13-10-16(23-17(13)12-21-14(2)19)11-22-18(20)9-8-15-6-4-3-5-7-15/h3-9,13,16-17H,10-12H2,1-2H3/b9-8+/t13-,16-,17?/m0/s1. The Bertz CT molecular complexity index is 552. The Labute approximate surface area is 136 Å². The van der Waals surface area contributed by atoms with Gasteiger partial charge >= 0.3 is 11.9 Å². The number of esters is 2. The molecule has 1 saturated heterocycles. The third-order valence-corrected chi connectivity index (χ3v) is 3.71. The molecule has 0 amide bonds. The predicted octanol–water partition coefficient (Wildman–Crippen LogP) is 2.60. The molecule has 2 rings (SSSR count). The summed E-state index contributed by atoms with van der Waals surface area (Å²) < 4.78 is 15.9. The Hall–Kier alpha value is -2.14. The van der Waals surface area contributed by atoms with E-state index in [1.165, 1.54) is 13.0 Å². The van der Waals surface area contributed by atoms with Gasteiger partial charge in [0.25, 0.3) is 0 Å². The van der Waals surface area contributed by atoms with E-state index in [9.17, 15) is 9.59 Å². The first-order chi connectivity index (χ1) is 11.0. The van der Waals surface area contributed by atoms with Gasteiger partial charge in [-0.15, -0.1) is 0 Å². The third-order valence-electron chi connectivity index (χ3n) is 3.71. The molecule has 0 saturated carbocycles. The van der Waals surface area contributed by atoms with Crippen LogP contribution < -0.4 is 0 Å². The molecule has 1 fully saturated rings. The minimum Gasteiger partial charge on any atom is -0.463 e. The smallest absolute Gasteiger partial charge is 0.330 e. The van der Waals surface area contributed by atoms with Crippen LogP contribution in [0.2, 0.25) is 0 Å². The minimum absolute atomic E-state index is 0.137. The van der Waals surface area contributed by atoms with E-state index in [4.69, 9.17) is 14.2 Å². The molecular weight excluding hydrogens is 296 g/mol. The van der Waals surface area contributed by atoms with Crippen LogP contribution in [0.1, 0.15) is 25.8 Å². The van der Waals surface area contributed by atoms with Crippen molar-refractivity contribution in [2.24, 2.45) is 5.92 Å². The van der Waals surface area contributed by atoms with Crippen LogP contribution >= 0.6 is 0 Å². The van der Waals surface area contributed by atoms with E-state index in [2.05, 4.69) is 0 Å². The van der Waals surface area contributed by atoms with E-state index in [-0.39, 0.29) is 37.3 Å². The molecule has 1 unspecified atom stereocenters. The van der Waals surface area contributed by atoms with Crippen molar-refractivity contribution in [1.29, 1.82) is 0 Å². The van der Waals surface area contributed by atoms with E-state index >= 15 is 0 Å². The summed E-state index contributed by atoms with van der Waals surface area (Å²) in [5, 5.41) is 0. The van der Waals surface area contributed by atoms with Gasteiger partial charge in [0.15, 0.2) is 0 Å². The fraction of sp³-hybridized carbons (Fsp3) is 0.444. The van der Waals surface area contributed by atoms with Gasteiger partial charge in [0.2, 0.25) is 0 Å². The molecule has 3 atom stereocenters. The summed E-state index contributed by atoms with van der Waals surface area (Å²) in [6, 6.07) is 9.54. The van der Waals surface area contributed by atoms with Crippen LogP contribution in [0.25, 0.3) is 6.08 Å². The first kappa shape index (κ1) is 17.2. The van der Waals surface area contributed by atoms with Gasteiger partial charge in [0, 0.05) is 13.0 Å². The number of carbonyl (C=O) groups is 2. The van der Waals surface area contributed by atoms with Crippen LogP contribution in [-0.4, -0.2) is 37.4 Å². The Morgan fingerprint density at radius 1 is 1.22 bits per heavy atom. The third kappa shape index (κ3) is 5.87. The molecule has 1 aliphatic heterocycles. The number of benzene rings is 1. The van der Waals surface area contributed by atoms with Crippen LogP contribution in [0, 0.1) is 5.92 Å². The lowest BCUT2D eigenvalue weighted by Crippen LogP contribution is -2.24. The molecule has 0 spiro atoms. The minimum atomic E-state index is -0.395. The van der Waals surface area contributed by atoms with Crippen LogP contribution in [0.5, 0.6) is 0 Å². The van der Waals surface area contributed by atoms with Crippen LogP contribution in [0.3, 0.4) is 0 Å². The molecule has 5 nitrogen and oxygen atoms in total. The lowest BCUT2D eigenvalue weighted by Gasteiger charge is -2.15. The molecule has 1 aliphatic rings. The summed E-state index contributed by atoms with van der Waals surface area (Å²) in [6.45, 7) is 3.86. The van der Waals surface area contributed by atoms with E-state index < -0.39 is 5.97 Å². The van der Waals surface area contributed by atoms with Crippen molar-refractivity contribution in [3.05, 3.63) is 42.0 Å². The van der Waals surface area contributed by atoms with E-state index in [0.717, 1.165) is 12.0 Å². The van der Waals surface area contributed by atoms with Gasteiger partial charge in [-0.25, -0.2) is 4.79 Å². The largest absolute Gasteiger partial charge is 0.463 e. The Balaban J connectivity index is 1.72. The first-order valence-corrected chi connectivity index (χ1v) is 7.73. The van der Waals surface area contributed by atoms with Crippen LogP contribution in [-0.2, 0) is 23.8 Å². The lowest BCUT2D eigenvalue weighted by atomic mass is 10.0. The second-order valence-electron chi connectivity index (χ2n) is 5.69. The molecule has 124 valence electrons. The Kier molecular flexibility index (Phi) is 6.35. The fourth-order valence-electron chi connectivity index (χ4n) is 2.47. The van der Waals surface area contributed by atoms with Gasteiger partial charge in [-0.05, 0) is 24.0 Å². The molecule has 1 aromatic carbocycles. The zero-order valence-corrected chi connectivity index (χ0v) is 13.4. The first-order valence-electron chi connectivity index (χ1n) is 7.73. The molecular formula is C18H22O5. The van der Waals surface area contributed by atoms with Crippen molar-refractivity contribution < 1.29 is 23.8 Å². The van der Waals surface area contributed by atoms with Gasteiger partial charge in [-0.2, -0.15) is 0 Å². The highest BCUT2D eigenvalue weighted by atomic mass is 16.6. The highest BCUT2D eigenvalue weighted by molar-refractivity contribution is 5.87. The predicted molar refractivity (Wildman–Crippen MR) is 85.5 cm³/mol. The molecule has 0 radical (unpaired) electrons. The van der Waals surface area contributed by atoms with E-state index in [1.807, 2.05) is 37.3 Å². The molecule has 0 N–H and O–H groups in total. The number of carbonyl (C=O) groups excluding carboxylic acids is 2. The van der Waals surface area contributed by atoms with Gasteiger partial charge < -0.3 is 14.2 Å². The molecule has 1 heterocycles. The molecule has 23 heavy (non-hydrogen) atoms. The second kappa shape index (κ2) is 8.48. The number of ether oxygens (including phenoxy) is 3. The highest BCUT2D eigenvalue weighted by Crippen LogP contribution is 2.26. The average molecular weight is 318 g/mol. The van der Waals surface area contributed by atoms with Gasteiger partial charge in [-0.3, -0.25) is 4.79 Å². The van der Waals surface area contributed by atoms with Crippen molar-refractivity contribution in [3.8, 4) is 0 Å². The topological polar surface area (TPSA) is 61.8 Å². The van der Waals surface area contributed by atoms with Crippen molar-refractivity contribution in [2.75, 3.05) is 13.2 Å². The number of rotatable bonds is 6. The van der Waals surface area contributed by atoms with Crippen molar-refractivity contribution in [1.82, 2.24) is 0 Å². The lowest BCUT2D eigenvalue weighted by molar-refractivity contribution is -0.147. The molecule has 0 aliphatic carbocycles. The van der Waals surface area contributed by atoms with Crippen LogP contribution in [0.4, 0.5) is 0 Å². The average Bonchev–Trinajstić information content (AvgIpc) is 2.90. The SMILES string of the molecule is CC(=O)OCC1O[C@H](COC(=O)/C=C/c2ccccc2)C[C@@H]1C. The number of hydrogen-bond acceptors (Lipinski definition) is 5. The monoisotopic (exact) mass is 318 g/mol. The summed E-state index contributed by atoms with van der Waals surface area (Å²) in [5.74, 6) is -0.451. The normalized spacial score (nSPS) is 23.8. The molecule has 1 aromatic rings. The van der Waals surface area contributed by atoms with Crippen LogP contribution in [0.15, 0.2) is 36.4 Å². The van der Waals surface area contributed by atoms with E-state index in [0.29, 0.717) is 0 Å². The van der Waals surface area contributed by atoms with Gasteiger partial charge in [-0.1, -0.05) is 37.3 Å². The van der Waals surface area contributed by atoms with Gasteiger partial charge in [0.1, 0.15) is 13.2 Å². The zero-order chi connectivity index (χ0) is 16.7. The maximum atomic E-state index is 11.7. The quantitative estimate of drug-likeness (QED) is 0.596. The second-order valence-corrected chi connectivity index (χ2v) is 5.69. The van der Waals surface area contributed by atoms with Crippen molar-refractivity contribution in [3.63, 3.8) is 0 Å². The van der Waals surface area contributed by atoms with Crippen molar-refractivity contribution in [2.45, 2.75) is 32.5 Å². The Morgan fingerprint density at radius 2 is 1.96 bits per heavy atom.